The lowest BCUT2D eigenvalue weighted by Gasteiger charge is -2.11. The Labute approximate surface area is 119 Å². The van der Waals surface area contributed by atoms with Crippen LogP contribution < -0.4 is 5.32 Å². The van der Waals surface area contributed by atoms with Gasteiger partial charge in [-0.25, -0.2) is 9.97 Å². The highest BCUT2D eigenvalue weighted by Crippen LogP contribution is 2.31. The average molecular weight is 277 g/mol. The van der Waals surface area contributed by atoms with Gasteiger partial charge in [-0.1, -0.05) is 27.7 Å². The molecule has 1 unspecified atom stereocenters. The van der Waals surface area contributed by atoms with Crippen LogP contribution in [0.3, 0.4) is 0 Å². The smallest absolute Gasteiger partial charge is 0.138 e. The Morgan fingerprint density at radius 2 is 2.05 bits per heavy atom. The number of fused-ring (bicyclic) bond motifs is 1. The van der Waals surface area contributed by atoms with Crippen LogP contribution in [0.1, 0.15) is 57.2 Å². The van der Waals surface area contributed by atoms with Gasteiger partial charge in [0.05, 0.1) is 5.39 Å². The van der Waals surface area contributed by atoms with Crippen molar-refractivity contribution in [3.8, 4) is 0 Å². The molecule has 0 amide bonds. The Balaban J connectivity index is 2.49. The van der Waals surface area contributed by atoms with Gasteiger partial charge >= 0.3 is 0 Å². The largest absolute Gasteiger partial charge is 0.369 e. The molecule has 2 aromatic rings. The maximum atomic E-state index is 4.75. The summed E-state index contributed by atoms with van der Waals surface area (Å²) < 4.78 is 0. The normalized spacial score (nSPS) is 12.8. The molecule has 0 aliphatic rings. The summed E-state index contributed by atoms with van der Waals surface area (Å²) in [4.78, 5) is 12.0. The molecule has 0 fully saturated rings. The summed E-state index contributed by atoms with van der Waals surface area (Å²) in [6.07, 6.45) is 3.24. The second-order valence-corrected chi connectivity index (χ2v) is 6.07. The lowest BCUT2D eigenvalue weighted by Crippen LogP contribution is -2.07. The molecule has 104 valence electrons. The van der Waals surface area contributed by atoms with Crippen LogP contribution in [0.25, 0.3) is 10.2 Å². The number of thiophene rings is 1. The fraction of sp³-hybridized carbons (Fsp3) is 0.600. The van der Waals surface area contributed by atoms with Crippen LogP contribution in [0.2, 0.25) is 0 Å². The molecule has 4 heteroatoms. The third-order valence-electron chi connectivity index (χ3n) is 3.41. The average Bonchev–Trinajstić information content (AvgIpc) is 2.86. The summed E-state index contributed by atoms with van der Waals surface area (Å²) >= 11 is 1.80. The standard InChI is InChI=1S/C15H23N3S/c1-5-8-16-14-12-9-11(7-3)19-15(12)18-13(17-14)10(4)6-2/h9-10H,5-8H2,1-4H3,(H,16,17,18). The van der Waals surface area contributed by atoms with E-state index in [1.54, 1.807) is 11.3 Å². The van der Waals surface area contributed by atoms with Gasteiger partial charge in [-0.05, 0) is 25.3 Å². The molecule has 19 heavy (non-hydrogen) atoms. The maximum Gasteiger partial charge on any atom is 0.138 e. The highest BCUT2D eigenvalue weighted by molar-refractivity contribution is 7.18. The zero-order valence-electron chi connectivity index (χ0n) is 12.3. The molecular weight excluding hydrogens is 254 g/mol. The molecule has 0 saturated heterocycles. The lowest BCUT2D eigenvalue weighted by atomic mass is 10.1. The molecule has 1 N–H and O–H groups in total. The van der Waals surface area contributed by atoms with Crippen molar-refractivity contribution < 1.29 is 0 Å². The third kappa shape index (κ3) is 3.06. The van der Waals surface area contributed by atoms with Gasteiger partial charge in [-0.2, -0.15) is 0 Å². The Hall–Kier alpha value is -1.16. The van der Waals surface area contributed by atoms with E-state index in [0.29, 0.717) is 5.92 Å². The Bertz CT molecular complexity index is 548. The molecular formula is C15H23N3S. The molecule has 0 radical (unpaired) electrons. The molecule has 1 atom stereocenters. The van der Waals surface area contributed by atoms with Crippen LogP contribution in [-0.2, 0) is 6.42 Å². The summed E-state index contributed by atoms with van der Waals surface area (Å²) in [7, 11) is 0. The number of aryl methyl sites for hydroxylation is 1. The van der Waals surface area contributed by atoms with Gasteiger partial charge in [-0.3, -0.25) is 0 Å². The van der Waals surface area contributed by atoms with Crippen LogP contribution in [0.15, 0.2) is 6.07 Å². The highest BCUT2D eigenvalue weighted by Gasteiger charge is 2.14. The fourth-order valence-electron chi connectivity index (χ4n) is 1.94. The Morgan fingerprint density at radius 1 is 1.26 bits per heavy atom. The van der Waals surface area contributed by atoms with Gasteiger partial charge in [0.2, 0.25) is 0 Å². The fourth-order valence-corrected chi connectivity index (χ4v) is 2.92. The van der Waals surface area contributed by atoms with Gasteiger partial charge in [-0.15, -0.1) is 11.3 Å². The van der Waals surface area contributed by atoms with E-state index in [4.69, 9.17) is 9.97 Å². The lowest BCUT2D eigenvalue weighted by molar-refractivity contribution is 0.684. The van der Waals surface area contributed by atoms with Crippen LogP contribution >= 0.6 is 11.3 Å². The second-order valence-electron chi connectivity index (χ2n) is 4.95. The van der Waals surface area contributed by atoms with Crippen molar-refractivity contribution in [2.75, 3.05) is 11.9 Å². The van der Waals surface area contributed by atoms with Crippen molar-refractivity contribution in [3.05, 3.63) is 16.8 Å². The number of hydrogen-bond acceptors (Lipinski definition) is 4. The van der Waals surface area contributed by atoms with E-state index in [-0.39, 0.29) is 0 Å². The number of hydrogen-bond donors (Lipinski definition) is 1. The van der Waals surface area contributed by atoms with E-state index in [9.17, 15) is 0 Å². The number of rotatable bonds is 6. The predicted octanol–water partition coefficient (Wildman–Crippen LogP) is 4.59. The molecule has 0 bridgehead atoms. The maximum absolute atomic E-state index is 4.75. The Kier molecular flexibility index (Phi) is 4.75. The molecule has 2 heterocycles. The van der Waals surface area contributed by atoms with Crippen LogP contribution in [-0.4, -0.2) is 16.5 Å². The van der Waals surface area contributed by atoms with E-state index in [1.165, 1.54) is 10.3 Å². The van der Waals surface area contributed by atoms with Crippen molar-refractivity contribution in [1.82, 2.24) is 9.97 Å². The summed E-state index contributed by atoms with van der Waals surface area (Å²) in [5.41, 5.74) is 0. The first-order valence-electron chi connectivity index (χ1n) is 7.23. The SMILES string of the molecule is CCCNc1nc(C(C)CC)nc2sc(CC)cc12. The molecule has 0 aliphatic carbocycles. The highest BCUT2D eigenvalue weighted by atomic mass is 32.1. The first-order chi connectivity index (χ1) is 9.19. The van der Waals surface area contributed by atoms with Gasteiger partial charge < -0.3 is 5.32 Å². The topological polar surface area (TPSA) is 37.8 Å². The number of nitrogens with zero attached hydrogens (tertiary/aromatic N) is 2. The van der Waals surface area contributed by atoms with Gasteiger partial charge in [0.15, 0.2) is 0 Å². The summed E-state index contributed by atoms with van der Waals surface area (Å²) in [5, 5.41) is 4.63. The first kappa shape index (κ1) is 14.3. The van der Waals surface area contributed by atoms with E-state index in [0.717, 1.165) is 42.3 Å². The zero-order chi connectivity index (χ0) is 13.8. The minimum absolute atomic E-state index is 0.416. The molecule has 2 rings (SSSR count). The van der Waals surface area contributed by atoms with Crippen molar-refractivity contribution in [2.24, 2.45) is 0 Å². The van der Waals surface area contributed by atoms with Crippen molar-refractivity contribution >= 4 is 27.4 Å². The monoisotopic (exact) mass is 277 g/mol. The van der Waals surface area contributed by atoms with Gasteiger partial charge in [0, 0.05) is 17.3 Å². The van der Waals surface area contributed by atoms with Crippen molar-refractivity contribution in [1.29, 1.82) is 0 Å². The molecule has 0 aromatic carbocycles. The van der Waals surface area contributed by atoms with Crippen LogP contribution in [0, 0.1) is 0 Å². The zero-order valence-corrected chi connectivity index (χ0v) is 13.1. The predicted molar refractivity (Wildman–Crippen MR) is 84.3 cm³/mol. The molecule has 0 spiro atoms. The van der Waals surface area contributed by atoms with Crippen LogP contribution in [0.4, 0.5) is 5.82 Å². The van der Waals surface area contributed by atoms with Crippen molar-refractivity contribution in [3.63, 3.8) is 0 Å². The second kappa shape index (κ2) is 6.33. The third-order valence-corrected chi connectivity index (χ3v) is 4.58. The molecule has 0 aliphatic heterocycles. The number of aromatic nitrogens is 2. The summed E-state index contributed by atoms with van der Waals surface area (Å²) in [6, 6.07) is 2.23. The van der Waals surface area contributed by atoms with Gasteiger partial charge in [0.1, 0.15) is 16.5 Å². The van der Waals surface area contributed by atoms with Crippen LogP contribution in [0.5, 0.6) is 0 Å². The van der Waals surface area contributed by atoms with E-state index in [1.807, 2.05) is 0 Å². The molecule has 0 saturated carbocycles. The van der Waals surface area contributed by atoms with E-state index < -0.39 is 0 Å². The quantitative estimate of drug-likeness (QED) is 0.839. The summed E-state index contributed by atoms with van der Waals surface area (Å²) in [6.45, 7) is 9.70. The summed E-state index contributed by atoms with van der Waals surface area (Å²) in [5.74, 6) is 2.40. The van der Waals surface area contributed by atoms with E-state index in [2.05, 4.69) is 39.1 Å². The molecule has 2 aromatic heterocycles. The van der Waals surface area contributed by atoms with E-state index >= 15 is 0 Å². The number of nitrogens with one attached hydrogen (secondary N) is 1. The Morgan fingerprint density at radius 3 is 2.68 bits per heavy atom. The number of anilines is 1. The first-order valence-corrected chi connectivity index (χ1v) is 8.05. The van der Waals surface area contributed by atoms with Gasteiger partial charge in [0.25, 0.3) is 0 Å². The van der Waals surface area contributed by atoms with Crippen molar-refractivity contribution in [2.45, 2.75) is 52.9 Å². The minimum Gasteiger partial charge on any atom is -0.369 e. The molecule has 3 nitrogen and oxygen atoms in total. The minimum atomic E-state index is 0.416.